The second kappa shape index (κ2) is 8.22. The molecule has 1 atom stereocenters. The van der Waals surface area contributed by atoms with Gasteiger partial charge in [0, 0.05) is 37.3 Å². The van der Waals surface area contributed by atoms with Crippen molar-refractivity contribution in [3.8, 4) is 5.75 Å². The zero-order valence-electron chi connectivity index (χ0n) is 15.9. The Morgan fingerprint density at radius 1 is 1.28 bits per heavy atom. The van der Waals surface area contributed by atoms with E-state index in [1.165, 1.54) is 23.9 Å². The minimum absolute atomic E-state index is 0.0572. The lowest BCUT2D eigenvalue weighted by atomic mass is 10.2. The van der Waals surface area contributed by atoms with Crippen LogP contribution in [0, 0.1) is 12.7 Å². The Balaban J connectivity index is 1.47. The van der Waals surface area contributed by atoms with Crippen molar-refractivity contribution in [2.75, 3.05) is 13.1 Å². The highest BCUT2D eigenvalue weighted by Crippen LogP contribution is 2.31. The zero-order chi connectivity index (χ0) is 20.4. The molecule has 1 fully saturated rings. The molecule has 0 radical (unpaired) electrons. The van der Waals surface area contributed by atoms with Gasteiger partial charge in [-0.25, -0.2) is 17.8 Å². The first-order valence-corrected chi connectivity index (χ1v) is 11.7. The summed E-state index contributed by atoms with van der Waals surface area (Å²) in [6.45, 7) is 4.22. The van der Waals surface area contributed by atoms with E-state index in [4.69, 9.17) is 4.74 Å². The molecular formula is C21H21FN2O3S2. The Morgan fingerprint density at radius 2 is 2.07 bits per heavy atom. The van der Waals surface area contributed by atoms with Crippen LogP contribution in [-0.4, -0.2) is 37.5 Å². The predicted octanol–water partition coefficient (Wildman–Crippen LogP) is 4.08. The predicted molar refractivity (Wildman–Crippen MR) is 109 cm³/mol. The van der Waals surface area contributed by atoms with Crippen molar-refractivity contribution in [3.63, 3.8) is 0 Å². The van der Waals surface area contributed by atoms with Gasteiger partial charge in [-0.05, 0) is 30.5 Å². The lowest BCUT2D eigenvalue weighted by Crippen LogP contribution is -2.24. The quantitative estimate of drug-likeness (QED) is 0.588. The van der Waals surface area contributed by atoms with Crippen molar-refractivity contribution >= 4 is 21.2 Å². The van der Waals surface area contributed by atoms with Gasteiger partial charge in [-0.3, -0.25) is 4.90 Å². The summed E-state index contributed by atoms with van der Waals surface area (Å²) in [6.07, 6.45) is 2.17. The summed E-state index contributed by atoms with van der Waals surface area (Å²) in [7, 11) is -3.97. The molecule has 1 saturated heterocycles. The number of aryl methyl sites for hydroxylation is 1. The van der Waals surface area contributed by atoms with E-state index in [1.54, 1.807) is 12.3 Å². The Labute approximate surface area is 173 Å². The number of benzene rings is 2. The van der Waals surface area contributed by atoms with E-state index in [2.05, 4.69) is 22.0 Å². The zero-order valence-corrected chi connectivity index (χ0v) is 17.5. The van der Waals surface area contributed by atoms with Crippen molar-refractivity contribution in [3.05, 3.63) is 71.0 Å². The van der Waals surface area contributed by atoms with Crippen LogP contribution in [-0.2, 0) is 16.4 Å². The van der Waals surface area contributed by atoms with Gasteiger partial charge in [-0.1, -0.05) is 30.3 Å². The molecule has 0 saturated carbocycles. The highest BCUT2D eigenvalue weighted by Gasteiger charge is 2.28. The standard InChI is InChI=1S/C21H21FN2O3S2/c1-15-11-20(29(25,26)21-23-8-10-28-21)18(22)12-19(15)27-17-7-9-24(14-17)13-16-5-3-2-4-6-16/h2-6,8,10-12,17H,7,9,13-14H2,1H3/t17-/m0/s1. The summed E-state index contributed by atoms with van der Waals surface area (Å²) in [5, 5.41) is 1.55. The van der Waals surface area contributed by atoms with Crippen LogP contribution < -0.4 is 4.74 Å². The number of ether oxygens (including phenoxy) is 1. The number of sulfone groups is 1. The third-order valence-corrected chi connectivity index (χ3v) is 7.90. The summed E-state index contributed by atoms with van der Waals surface area (Å²) in [6, 6.07) is 12.7. The maximum atomic E-state index is 14.7. The van der Waals surface area contributed by atoms with Crippen LogP contribution in [0.25, 0.3) is 0 Å². The van der Waals surface area contributed by atoms with Gasteiger partial charge in [-0.15, -0.1) is 11.3 Å². The molecular weight excluding hydrogens is 411 g/mol. The molecule has 0 amide bonds. The number of hydrogen-bond acceptors (Lipinski definition) is 6. The van der Waals surface area contributed by atoms with Crippen molar-refractivity contribution in [2.45, 2.75) is 35.2 Å². The molecule has 0 spiro atoms. The molecule has 2 aromatic carbocycles. The van der Waals surface area contributed by atoms with Crippen LogP contribution >= 0.6 is 11.3 Å². The molecule has 0 N–H and O–H groups in total. The van der Waals surface area contributed by atoms with Gasteiger partial charge >= 0.3 is 0 Å². The summed E-state index contributed by atoms with van der Waals surface area (Å²) in [5.74, 6) is -0.438. The SMILES string of the molecule is Cc1cc(S(=O)(=O)c2nccs2)c(F)cc1O[C@H]1CCN(Cc2ccccc2)C1. The second-order valence-electron chi connectivity index (χ2n) is 7.10. The second-order valence-corrected chi connectivity index (χ2v) is 10.1. The molecule has 2 heterocycles. The molecule has 1 aromatic heterocycles. The Bertz CT molecular complexity index is 1090. The van der Waals surface area contributed by atoms with Crippen LogP contribution in [0.3, 0.4) is 0 Å². The van der Waals surface area contributed by atoms with E-state index in [0.29, 0.717) is 11.3 Å². The highest BCUT2D eigenvalue weighted by molar-refractivity contribution is 7.93. The number of halogens is 1. The normalized spacial score (nSPS) is 17.5. The number of thiazole rings is 1. The van der Waals surface area contributed by atoms with Crippen LogP contribution in [0.15, 0.2) is 63.3 Å². The average molecular weight is 433 g/mol. The smallest absolute Gasteiger partial charge is 0.236 e. The highest BCUT2D eigenvalue weighted by atomic mass is 32.2. The van der Waals surface area contributed by atoms with E-state index in [-0.39, 0.29) is 15.3 Å². The molecule has 0 bridgehead atoms. The third-order valence-electron chi connectivity index (χ3n) is 4.93. The third kappa shape index (κ3) is 4.34. The minimum Gasteiger partial charge on any atom is -0.489 e. The van der Waals surface area contributed by atoms with Gasteiger partial charge in [0.2, 0.25) is 14.2 Å². The molecule has 4 rings (SSSR count). The Hall–Kier alpha value is -2.29. The summed E-state index contributed by atoms with van der Waals surface area (Å²) in [4.78, 5) is 5.74. The van der Waals surface area contributed by atoms with Crippen LogP contribution in [0.2, 0.25) is 0 Å². The van der Waals surface area contributed by atoms with Crippen molar-refractivity contribution in [2.24, 2.45) is 0 Å². The number of nitrogens with zero attached hydrogens (tertiary/aromatic N) is 2. The van der Waals surface area contributed by atoms with Gasteiger partial charge in [-0.2, -0.15) is 0 Å². The first-order chi connectivity index (χ1) is 13.9. The number of hydrogen-bond donors (Lipinski definition) is 0. The van der Waals surface area contributed by atoms with Crippen LogP contribution in [0.4, 0.5) is 4.39 Å². The van der Waals surface area contributed by atoms with E-state index in [1.807, 2.05) is 18.2 Å². The monoisotopic (exact) mass is 432 g/mol. The first-order valence-electron chi connectivity index (χ1n) is 9.31. The van der Waals surface area contributed by atoms with Gasteiger partial charge in [0.1, 0.15) is 22.6 Å². The maximum Gasteiger partial charge on any atom is 0.236 e. The van der Waals surface area contributed by atoms with Gasteiger partial charge in [0.05, 0.1) is 0 Å². The first kappa shape index (κ1) is 20.0. The number of likely N-dealkylation sites (tertiary alicyclic amines) is 1. The largest absolute Gasteiger partial charge is 0.489 e. The summed E-state index contributed by atoms with van der Waals surface area (Å²) >= 11 is 0.968. The summed E-state index contributed by atoms with van der Waals surface area (Å²) < 4.78 is 45.8. The van der Waals surface area contributed by atoms with Crippen molar-refractivity contribution in [1.29, 1.82) is 0 Å². The van der Waals surface area contributed by atoms with E-state index in [0.717, 1.165) is 37.4 Å². The molecule has 5 nitrogen and oxygen atoms in total. The molecule has 3 aromatic rings. The van der Waals surface area contributed by atoms with Crippen molar-refractivity contribution < 1.29 is 17.5 Å². The molecule has 29 heavy (non-hydrogen) atoms. The Morgan fingerprint density at radius 3 is 2.79 bits per heavy atom. The van der Waals surface area contributed by atoms with Gasteiger partial charge in [0.15, 0.2) is 0 Å². The van der Waals surface area contributed by atoms with E-state index >= 15 is 0 Å². The number of rotatable bonds is 6. The molecule has 0 aliphatic carbocycles. The van der Waals surface area contributed by atoms with E-state index < -0.39 is 15.7 Å². The van der Waals surface area contributed by atoms with Gasteiger partial charge < -0.3 is 4.74 Å². The van der Waals surface area contributed by atoms with Crippen LogP contribution in [0.1, 0.15) is 17.5 Å². The lowest BCUT2D eigenvalue weighted by Gasteiger charge is -2.18. The summed E-state index contributed by atoms with van der Waals surface area (Å²) in [5.41, 5.74) is 1.83. The van der Waals surface area contributed by atoms with Crippen LogP contribution in [0.5, 0.6) is 5.75 Å². The fraction of sp³-hybridized carbons (Fsp3) is 0.286. The molecule has 0 unspecified atom stereocenters. The van der Waals surface area contributed by atoms with Gasteiger partial charge in [0.25, 0.3) is 0 Å². The maximum absolute atomic E-state index is 14.7. The van der Waals surface area contributed by atoms with Crippen molar-refractivity contribution in [1.82, 2.24) is 9.88 Å². The van der Waals surface area contributed by atoms with E-state index in [9.17, 15) is 12.8 Å². The lowest BCUT2D eigenvalue weighted by molar-refractivity contribution is 0.196. The molecule has 1 aliphatic rings. The fourth-order valence-corrected chi connectivity index (χ4v) is 5.80. The molecule has 152 valence electrons. The molecule has 8 heteroatoms. The molecule has 1 aliphatic heterocycles. The Kier molecular flexibility index (Phi) is 5.67. The number of aromatic nitrogens is 1. The average Bonchev–Trinajstić information content (AvgIpc) is 3.38. The topological polar surface area (TPSA) is 59.5 Å². The minimum atomic E-state index is -3.97. The fourth-order valence-electron chi connectivity index (χ4n) is 3.46.